The van der Waals surface area contributed by atoms with Crippen molar-refractivity contribution in [1.82, 2.24) is 10.1 Å². The molecular formula is C13H18N2O3S2. The molecule has 0 radical (unpaired) electrons. The summed E-state index contributed by atoms with van der Waals surface area (Å²) in [6.45, 7) is 2.19. The normalized spacial score (nSPS) is 28.1. The van der Waals surface area contributed by atoms with Crippen molar-refractivity contribution in [3.63, 3.8) is 0 Å². The van der Waals surface area contributed by atoms with Crippen molar-refractivity contribution in [1.29, 1.82) is 0 Å². The Morgan fingerprint density at radius 1 is 1.45 bits per heavy atom. The molecule has 1 aliphatic heterocycles. The van der Waals surface area contributed by atoms with Gasteiger partial charge in [0.15, 0.2) is 5.82 Å². The first-order valence-electron chi connectivity index (χ1n) is 6.87. The third-order valence-electron chi connectivity index (χ3n) is 3.88. The molecule has 0 N–H and O–H groups in total. The molecule has 2 heterocycles. The molecule has 1 saturated heterocycles. The average Bonchev–Trinajstić information content (AvgIpc) is 3.17. The highest BCUT2D eigenvalue weighted by Crippen LogP contribution is 2.49. The first-order chi connectivity index (χ1) is 9.71. The van der Waals surface area contributed by atoms with Crippen LogP contribution in [-0.4, -0.2) is 40.0 Å². The molecule has 2 unspecified atom stereocenters. The predicted octanol–water partition coefficient (Wildman–Crippen LogP) is 2.57. The molecule has 20 heavy (non-hydrogen) atoms. The van der Waals surface area contributed by atoms with Crippen LogP contribution in [0.5, 0.6) is 0 Å². The van der Waals surface area contributed by atoms with E-state index in [2.05, 4.69) is 17.1 Å². The van der Waals surface area contributed by atoms with Crippen molar-refractivity contribution >= 4 is 29.5 Å². The molecule has 2 atom stereocenters. The fourth-order valence-electron chi connectivity index (χ4n) is 2.51. The Kier molecular flexibility index (Phi) is 3.99. The zero-order valence-corrected chi connectivity index (χ0v) is 13.3. The monoisotopic (exact) mass is 314 g/mol. The van der Waals surface area contributed by atoms with E-state index in [1.54, 1.807) is 0 Å². The summed E-state index contributed by atoms with van der Waals surface area (Å²) in [5.41, 5.74) is -0.659. The molecule has 0 spiro atoms. The molecule has 0 amide bonds. The second-order valence-corrected chi connectivity index (χ2v) is 7.74. The maximum absolute atomic E-state index is 11.8. The number of nitrogens with zero attached hydrogens (tertiary/aromatic N) is 2. The number of ether oxygens (including phenoxy) is 1. The Morgan fingerprint density at radius 3 is 2.85 bits per heavy atom. The predicted molar refractivity (Wildman–Crippen MR) is 79.0 cm³/mol. The van der Waals surface area contributed by atoms with Crippen molar-refractivity contribution in [3.8, 4) is 0 Å². The largest absolute Gasteiger partial charge is 0.468 e. The summed E-state index contributed by atoms with van der Waals surface area (Å²) >= 11 is 3.86. The molecule has 2 aliphatic rings. The molecule has 3 rings (SSSR count). The Balaban J connectivity index is 1.81. The quantitative estimate of drug-likeness (QED) is 0.791. The highest BCUT2D eigenvalue weighted by Gasteiger charge is 2.57. The maximum atomic E-state index is 11.8. The van der Waals surface area contributed by atoms with Crippen molar-refractivity contribution < 1.29 is 14.1 Å². The zero-order chi connectivity index (χ0) is 14.2. The van der Waals surface area contributed by atoms with E-state index >= 15 is 0 Å². The van der Waals surface area contributed by atoms with Gasteiger partial charge in [-0.2, -0.15) is 16.7 Å². The lowest BCUT2D eigenvalue weighted by molar-refractivity contribution is -0.144. The van der Waals surface area contributed by atoms with Crippen molar-refractivity contribution in [2.45, 2.75) is 42.1 Å². The van der Waals surface area contributed by atoms with Gasteiger partial charge < -0.3 is 9.26 Å². The number of aromatic nitrogens is 2. The minimum Gasteiger partial charge on any atom is -0.468 e. The number of esters is 1. The average molecular weight is 314 g/mol. The molecule has 1 saturated carbocycles. The lowest BCUT2D eigenvalue weighted by Gasteiger charge is -2.27. The summed E-state index contributed by atoms with van der Waals surface area (Å²) < 4.78 is 10.2. The van der Waals surface area contributed by atoms with E-state index in [-0.39, 0.29) is 11.2 Å². The van der Waals surface area contributed by atoms with Gasteiger partial charge in [0.2, 0.25) is 5.89 Å². The van der Waals surface area contributed by atoms with Crippen LogP contribution < -0.4 is 0 Å². The number of hydrogen-bond donors (Lipinski definition) is 0. The van der Waals surface area contributed by atoms with E-state index in [0.717, 1.165) is 30.8 Å². The van der Waals surface area contributed by atoms with Crippen LogP contribution in [0.4, 0.5) is 0 Å². The third kappa shape index (κ3) is 2.35. The second kappa shape index (κ2) is 5.60. The molecule has 1 aliphatic carbocycles. The third-order valence-corrected chi connectivity index (χ3v) is 7.13. The minimum atomic E-state index is -0.659. The summed E-state index contributed by atoms with van der Waals surface area (Å²) in [4.78, 5) is 16.4. The molecule has 7 heteroatoms. The van der Waals surface area contributed by atoms with Crippen molar-refractivity contribution in [3.05, 3.63) is 11.7 Å². The lowest BCUT2D eigenvalue weighted by atomic mass is 10.1. The van der Waals surface area contributed by atoms with E-state index in [1.807, 2.05) is 23.5 Å². The van der Waals surface area contributed by atoms with Crippen LogP contribution in [0.3, 0.4) is 0 Å². The molecule has 2 fully saturated rings. The van der Waals surface area contributed by atoms with Crippen LogP contribution in [0.25, 0.3) is 0 Å². The maximum Gasteiger partial charge on any atom is 0.321 e. The summed E-state index contributed by atoms with van der Waals surface area (Å²) in [5, 5.41) is 4.92. The van der Waals surface area contributed by atoms with Crippen LogP contribution >= 0.6 is 23.5 Å². The van der Waals surface area contributed by atoms with E-state index < -0.39 is 5.41 Å². The van der Waals surface area contributed by atoms with Gasteiger partial charge in [0, 0.05) is 16.8 Å². The molecule has 0 aromatic carbocycles. The number of hydrogen-bond acceptors (Lipinski definition) is 7. The molecule has 1 aromatic heterocycles. The summed E-state index contributed by atoms with van der Waals surface area (Å²) in [7, 11) is 1.40. The van der Waals surface area contributed by atoms with Gasteiger partial charge >= 0.3 is 5.97 Å². The Bertz CT molecular complexity index is 502. The number of thioether (sulfide) groups is 2. The SMILES string of the molecule is CCC1SCCSC1c1noc(C2(C(=O)OC)CC2)n1. The highest BCUT2D eigenvalue weighted by molar-refractivity contribution is 8.06. The number of carbonyl (C=O) groups is 1. The standard InChI is InChI=1S/C13H18N2O3S2/c1-3-8-9(20-7-6-19-8)10-14-11(18-15-10)13(4-5-13)12(16)17-2/h8-9H,3-7H2,1-2H3. The smallest absolute Gasteiger partial charge is 0.321 e. The van der Waals surface area contributed by atoms with Gasteiger partial charge in [0.1, 0.15) is 5.41 Å². The Labute approximate surface area is 126 Å². The molecule has 1 aromatic rings. The van der Waals surface area contributed by atoms with Gasteiger partial charge in [0.05, 0.1) is 12.4 Å². The van der Waals surface area contributed by atoms with Crippen molar-refractivity contribution in [2.24, 2.45) is 0 Å². The van der Waals surface area contributed by atoms with Gasteiger partial charge in [0.25, 0.3) is 0 Å². The van der Waals surface area contributed by atoms with E-state index in [1.165, 1.54) is 12.9 Å². The molecule has 5 nitrogen and oxygen atoms in total. The van der Waals surface area contributed by atoms with Crippen LogP contribution in [0, 0.1) is 0 Å². The summed E-state index contributed by atoms with van der Waals surface area (Å²) in [6.07, 6.45) is 2.57. The highest BCUT2D eigenvalue weighted by atomic mass is 32.2. The lowest BCUT2D eigenvalue weighted by Crippen LogP contribution is -2.23. The first kappa shape index (κ1) is 14.3. The topological polar surface area (TPSA) is 65.2 Å². The molecule has 110 valence electrons. The number of methoxy groups -OCH3 is 1. The van der Waals surface area contributed by atoms with Gasteiger partial charge in [-0.25, -0.2) is 0 Å². The zero-order valence-electron chi connectivity index (χ0n) is 11.6. The number of rotatable bonds is 4. The Morgan fingerprint density at radius 2 is 2.20 bits per heavy atom. The molecule has 0 bridgehead atoms. The number of carbonyl (C=O) groups excluding carboxylic acids is 1. The van der Waals surface area contributed by atoms with Crippen LogP contribution in [-0.2, 0) is 14.9 Å². The van der Waals surface area contributed by atoms with Crippen LogP contribution in [0.15, 0.2) is 4.52 Å². The fraction of sp³-hybridized carbons (Fsp3) is 0.769. The summed E-state index contributed by atoms with van der Waals surface area (Å²) in [5.74, 6) is 3.20. The van der Waals surface area contributed by atoms with Crippen LogP contribution in [0.2, 0.25) is 0 Å². The molecular weight excluding hydrogens is 296 g/mol. The fourth-order valence-corrected chi connectivity index (χ4v) is 5.49. The van der Waals surface area contributed by atoms with E-state index in [4.69, 9.17) is 9.26 Å². The van der Waals surface area contributed by atoms with E-state index in [9.17, 15) is 4.79 Å². The van der Waals surface area contributed by atoms with E-state index in [0.29, 0.717) is 11.1 Å². The van der Waals surface area contributed by atoms with Gasteiger partial charge in [-0.3, -0.25) is 4.79 Å². The first-order valence-corrected chi connectivity index (χ1v) is 8.96. The van der Waals surface area contributed by atoms with Gasteiger partial charge in [-0.15, -0.1) is 11.8 Å². The van der Waals surface area contributed by atoms with Gasteiger partial charge in [-0.05, 0) is 19.3 Å². The second-order valence-electron chi connectivity index (χ2n) is 5.14. The minimum absolute atomic E-state index is 0.259. The summed E-state index contributed by atoms with van der Waals surface area (Å²) in [6, 6.07) is 0. The van der Waals surface area contributed by atoms with Crippen molar-refractivity contribution in [2.75, 3.05) is 18.6 Å². The van der Waals surface area contributed by atoms with Crippen LogP contribution in [0.1, 0.15) is 43.2 Å². The van der Waals surface area contributed by atoms with Gasteiger partial charge in [-0.1, -0.05) is 12.1 Å². The Hall–Kier alpha value is -0.690.